The Bertz CT molecular complexity index is 697. The number of hydrogen-bond acceptors (Lipinski definition) is 5. The van der Waals surface area contributed by atoms with Crippen LogP contribution in [0.5, 0.6) is 5.75 Å². The lowest BCUT2D eigenvalue weighted by Crippen LogP contribution is -2.52. The maximum atomic E-state index is 14.2. The Labute approximate surface area is 133 Å². The highest BCUT2D eigenvalue weighted by atomic mass is 32.2. The molecule has 0 bridgehead atoms. The number of carbonyl (C=O) groups is 1. The molecule has 0 radical (unpaired) electrons. The van der Waals surface area contributed by atoms with Gasteiger partial charge in [-0.25, -0.2) is 17.6 Å². The van der Waals surface area contributed by atoms with Crippen LogP contribution in [0.3, 0.4) is 0 Å². The molecule has 1 saturated heterocycles. The Kier molecular flexibility index (Phi) is 4.92. The number of ether oxygens (including phenoxy) is 2. The maximum absolute atomic E-state index is 14.2. The van der Waals surface area contributed by atoms with E-state index in [1.807, 2.05) is 0 Å². The average Bonchev–Trinajstić information content (AvgIpc) is 2.54. The molecule has 0 saturated carbocycles. The van der Waals surface area contributed by atoms with Gasteiger partial charge in [0.1, 0.15) is 4.90 Å². The highest BCUT2D eigenvalue weighted by Crippen LogP contribution is 2.32. The number of piperidine rings is 1. The van der Waals surface area contributed by atoms with Gasteiger partial charge in [0.2, 0.25) is 10.0 Å². The predicted molar refractivity (Wildman–Crippen MR) is 78.3 cm³/mol. The molecule has 1 fully saturated rings. The summed E-state index contributed by atoms with van der Waals surface area (Å²) in [5.41, 5.74) is -1.40. The van der Waals surface area contributed by atoms with Gasteiger partial charge in [0.05, 0.1) is 7.11 Å². The summed E-state index contributed by atoms with van der Waals surface area (Å²) in [5, 5.41) is 9.24. The van der Waals surface area contributed by atoms with Crippen molar-refractivity contribution < 1.29 is 32.2 Å². The number of aliphatic carboxylic acids is 1. The normalized spacial score (nSPS) is 18.6. The number of halogens is 1. The van der Waals surface area contributed by atoms with Crippen molar-refractivity contribution >= 4 is 16.0 Å². The Morgan fingerprint density at radius 2 is 1.91 bits per heavy atom. The smallest absolute Gasteiger partial charge is 0.336 e. The zero-order valence-electron chi connectivity index (χ0n) is 12.8. The summed E-state index contributed by atoms with van der Waals surface area (Å²) in [6.07, 6.45) is -0.0205. The number of sulfonamides is 1. The largest absolute Gasteiger partial charge is 0.494 e. The summed E-state index contributed by atoms with van der Waals surface area (Å²) < 4.78 is 50.3. The van der Waals surface area contributed by atoms with Gasteiger partial charge in [-0.05, 0) is 12.1 Å². The minimum Gasteiger partial charge on any atom is -0.494 e. The van der Waals surface area contributed by atoms with Crippen molar-refractivity contribution in [3.05, 3.63) is 24.0 Å². The van der Waals surface area contributed by atoms with Crippen LogP contribution in [-0.4, -0.2) is 56.7 Å². The van der Waals surface area contributed by atoms with Crippen LogP contribution in [0.4, 0.5) is 4.39 Å². The number of carboxylic acid groups (broad SMARTS) is 1. The lowest BCUT2D eigenvalue weighted by Gasteiger charge is -2.37. The van der Waals surface area contributed by atoms with Crippen molar-refractivity contribution in [2.75, 3.05) is 27.3 Å². The van der Waals surface area contributed by atoms with Gasteiger partial charge in [0, 0.05) is 33.0 Å². The van der Waals surface area contributed by atoms with Gasteiger partial charge in [0.25, 0.3) is 0 Å². The van der Waals surface area contributed by atoms with Gasteiger partial charge in [-0.2, -0.15) is 4.31 Å². The molecule has 1 N–H and O–H groups in total. The highest BCUT2D eigenvalue weighted by Gasteiger charge is 2.44. The first-order chi connectivity index (χ1) is 10.8. The second kappa shape index (κ2) is 6.42. The summed E-state index contributed by atoms with van der Waals surface area (Å²) in [6, 6.07) is 3.86. The molecule has 0 spiro atoms. The van der Waals surface area contributed by atoms with E-state index in [-0.39, 0.29) is 31.7 Å². The fraction of sp³-hybridized carbons (Fsp3) is 0.500. The molecule has 0 aromatic heterocycles. The molecule has 1 aromatic carbocycles. The Balaban J connectivity index is 2.28. The summed E-state index contributed by atoms with van der Waals surface area (Å²) in [7, 11) is -1.56. The number of benzene rings is 1. The van der Waals surface area contributed by atoms with Crippen molar-refractivity contribution in [1.29, 1.82) is 0 Å². The lowest BCUT2D eigenvalue weighted by atomic mass is 9.92. The van der Waals surface area contributed by atoms with Crippen LogP contribution in [0.1, 0.15) is 12.8 Å². The third-order valence-electron chi connectivity index (χ3n) is 4.08. The molecule has 1 heterocycles. The molecular formula is C14H18FNO6S. The molecule has 0 amide bonds. The van der Waals surface area contributed by atoms with Gasteiger partial charge in [-0.1, -0.05) is 6.07 Å². The molecule has 128 valence electrons. The minimum atomic E-state index is -4.08. The van der Waals surface area contributed by atoms with Gasteiger partial charge in [0.15, 0.2) is 17.2 Å². The average molecular weight is 347 g/mol. The second-order valence-corrected chi connectivity index (χ2v) is 7.09. The monoisotopic (exact) mass is 347 g/mol. The van der Waals surface area contributed by atoms with Crippen molar-refractivity contribution in [3.63, 3.8) is 0 Å². The molecule has 0 aliphatic carbocycles. The molecule has 9 heteroatoms. The third-order valence-corrected chi connectivity index (χ3v) is 5.99. The van der Waals surface area contributed by atoms with E-state index in [2.05, 4.69) is 0 Å². The van der Waals surface area contributed by atoms with E-state index >= 15 is 0 Å². The third kappa shape index (κ3) is 3.04. The number of carboxylic acids is 1. The first-order valence-corrected chi connectivity index (χ1v) is 8.34. The minimum absolute atomic E-state index is 0.0103. The number of nitrogens with zero attached hydrogens (tertiary/aromatic N) is 1. The van der Waals surface area contributed by atoms with Gasteiger partial charge < -0.3 is 14.6 Å². The lowest BCUT2D eigenvalue weighted by molar-refractivity contribution is -0.166. The Morgan fingerprint density at radius 1 is 1.30 bits per heavy atom. The van der Waals surface area contributed by atoms with Crippen LogP contribution in [0, 0.1) is 5.82 Å². The van der Waals surface area contributed by atoms with E-state index in [0.29, 0.717) is 0 Å². The molecular weight excluding hydrogens is 329 g/mol. The zero-order valence-corrected chi connectivity index (χ0v) is 13.6. The van der Waals surface area contributed by atoms with Gasteiger partial charge in [-0.15, -0.1) is 0 Å². The zero-order chi connectivity index (χ0) is 17.3. The molecule has 0 atom stereocenters. The van der Waals surface area contributed by atoms with Crippen molar-refractivity contribution in [2.24, 2.45) is 0 Å². The first kappa shape index (κ1) is 17.6. The summed E-state index contributed by atoms with van der Waals surface area (Å²) in [6.45, 7) is -0.141. The van der Waals surface area contributed by atoms with Crippen LogP contribution in [0.25, 0.3) is 0 Å². The van der Waals surface area contributed by atoms with Crippen LogP contribution in [0.2, 0.25) is 0 Å². The van der Waals surface area contributed by atoms with E-state index < -0.39 is 32.3 Å². The molecule has 1 aliphatic rings. The fourth-order valence-electron chi connectivity index (χ4n) is 2.58. The van der Waals surface area contributed by atoms with Crippen molar-refractivity contribution in [2.45, 2.75) is 23.3 Å². The summed E-state index contributed by atoms with van der Waals surface area (Å²) >= 11 is 0. The quantitative estimate of drug-likeness (QED) is 0.857. The summed E-state index contributed by atoms with van der Waals surface area (Å²) in [5.74, 6) is -2.26. The van der Waals surface area contributed by atoms with Gasteiger partial charge >= 0.3 is 5.97 Å². The van der Waals surface area contributed by atoms with E-state index in [1.165, 1.54) is 26.4 Å². The van der Waals surface area contributed by atoms with Crippen LogP contribution < -0.4 is 4.74 Å². The molecule has 0 unspecified atom stereocenters. The number of hydrogen-bond donors (Lipinski definition) is 1. The molecule has 2 rings (SSSR count). The van der Waals surface area contributed by atoms with Crippen LogP contribution >= 0.6 is 0 Å². The first-order valence-electron chi connectivity index (χ1n) is 6.90. The topological polar surface area (TPSA) is 93.1 Å². The van der Waals surface area contributed by atoms with E-state index in [9.17, 15) is 22.7 Å². The van der Waals surface area contributed by atoms with E-state index in [4.69, 9.17) is 9.47 Å². The standard InChI is InChI=1S/C14H18FNO6S/c1-21-10-4-3-5-11(12(10)15)23(19,20)16-8-6-14(22-2,7-9-16)13(17)18/h3-5H,6-9H2,1-2H3,(H,17,18). The van der Waals surface area contributed by atoms with Gasteiger partial charge in [-0.3, -0.25) is 0 Å². The number of rotatable bonds is 5. The molecule has 1 aromatic rings. The Hall–Kier alpha value is -1.71. The van der Waals surface area contributed by atoms with Crippen molar-refractivity contribution in [1.82, 2.24) is 4.31 Å². The fourth-order valence-corrected chi connectivity index (χ4v) is 4.10. The van der Waals surface area contributed by atoms with Crippen LogP contribution in [-0.2, 0) is 19.6 Å². The second-order valence-electron chi connectivity index (χ2n) is 5.18. The van der Waals surface area contributed by atoms with Crippen LogP contribution in [0.15, 0.2) is 23.1 Å². The maximum Gasteiger partial charge on any atom is 0.336 e. The Morgan fingerprint density at radius 3 is 2.39 bits per heavy atom. The summed E-state index contributed by atoms with van der Waals surface area (Å²) in [4.78, 5) is 10.8. The molecule has 1 aliphatic heterocycles. The SMILES string of the molecule is COc1cccc(S(=O)(=O)N2CCC(OC)(C(=O)O)CC2)c1F. The highest BCUT2D eigenvalue weighted by molar-refractivity contribution is 7.89. The molecule has 23 heavy (non-hydrogen) atoms. The molecule has 7 nitrogen and oxygen atoms in total. The predicted octanol–water partition coefficient (Wildman–Crippen LogP) is 1.09. The van der Waals surface area contributed by atoms with Crippen molar-refractivity contribution in [3.8, 4) is 5.75 Å². The van der Waals surface area contributed by atoms with E-state index in [0.717, 1.165) is 10.4 Å². The number of methoxy groups -OCH3 is 2. The van der Waals surface area contributed by atoms with E-state index in [1.54, 1.807) is 0 Å².